The van der Waals surface area contributed by atoms with Crippen molar-refractivity contribution in [2.75, 3.05) is 10.5 Å². The van der Waals surface area contributed by atoms with Crippen LogP contribution in [0.4, 0.5) is 18.9 Å². The Kier molecular flexibility index (Phi) is 4.50. The van der Waals surface area contributed by atoms with Crippen molar-refractivity contribution >= 4 is 15.7 Å². The Labute approximate surface area is 126 Å². The van der Waals surface area contributed by atoms with Gasteiger partial charge in [0.2, 0.25) is 10.0 Å². The maximum Gasteiger partial charge on any atom is 0.390 e. The van der Waals surface area contributed by atoms with Crippen molar-refractivity contribution in [1.82, 2.24) is 4.98 Å². The molecule has 4 nitrogen and oxygen atoms in total. The average Bonchev–Trinajstić information content (AvgIpc) is 2.83. The lowest BCUT2D eigenvalue weighted by atomic mass is 10.1. The van der Waals surface area contributed by atoms with E-state index in [1.807, 2.05) is 13.0 Å². The Bertz CT molecular complexity index is 751. The number of hydrogen-bond donors (Lipinski definition) is 2. The van der Waals surface area contributed by atoms with Crippen molar-refractivity contribution in [3.8, 4) is 11.3 Å². The minimum Gasteiger partial charge on any atom is -0.359 e. The normalized spacial score (nSPS) is 12.4. The highest BCUT2D eigenvalue weighted by molar-refractivity contribution is 7.92. The number of H-pyrrole nitrogens is 1. The number of para-hydroxylation sites is 1. The molecule has 0 radical (unpaired) electrons. The molecule has 0 saturated carbocycles. The molecule has 0 unspecified atom stereocenters. The second kappa shape index (κ2) is 6.04. The van der Waals surface area contributed by atoms with E-state index in [1.54, 1.807) is 24.3 Å². The van der Waals surface area contributed by atoms with Crippen LogP contribution in [0.25, 0.3) is 11.3 Å². The van der Waals surface area contributed by atoms with Gasteiger partial charge in [-0.25, -0.2) is 8.42 Å². The second-order valence-corrected chi connectivity index (χ2v) is 6.73. The predicted octanol–water partition coefficient (Wildman–Crippen LogP) is 3.68. The molecule has 0 amide bonds. The summed E-state index contributed by atoms with van der Waals surface area (Å²) >= 11 is 0. The molecule has 2 N–H and O–H groups in total. The van der Waals surface area contributed by atoms with Gasteiger partial charge >= 0.3 is 6.18 Å². The van der Waals surface area contributed by atoms with Gasteiger partial charge in [0.05, 0.1) is 17.9 Å². The van der Waals surface area contributed by atoms with Crippen molar-refractivity contribution in [3.05, 3.63) is 42.1 Å². The number of aromatic nitrogens is 1. The molecule has 2 rings (SSSR count). The lowest BCUT2D eigenvalue weighted by Crippen LogP contribution is -2.22. The molecule has 0 fully saturated rings. The van der Waals surface area contributed by atoms with Gasteiger partial charge in [-0.05, 0) is 25.1 Å². The molecular weight excluding hydrogens is 317 g/mol. The van der Waals surface area contributed by atoms with Gasteiger partial charge in [0.1, 0.15) is 0 Å². The zero-order valence-corrected chi connectivity index (χ0v) is 12.6. The summed E-state index contributed by atoms with van der Waals surface area (Å²) in [5.41, 5.74) is 2.40. The maximum absolute atomic E-state index is 12.2. The van der Waals surface area contributed by atoms with Crippen LogP contribution in [0.1, 0.15) is 12.1 Å². The molecule has 1 aromatic carbocycles. The van der Waals surface area contributed by atoms with Crippen LogP contribution in [-0.4, -0.2) is 25.3 Å². The molecule has 0 spiro atoms. The summed E-state index contributed by atoms with van der Waals surface area (Å²) < 4.78 is 62.4. The van der Waals surface area contributed by atoms with Crippen LogP contribution < -0.4 is 4.72 Å². The fraction of sp³-hybridized carbons (Fsp3) is 0.286. The number of sulfonamides is 1. The Morgan fingerprint density at radius 2 is 1.82 bits per heavy atom. The van der Waals surface area contributed by atoms with Crippen LogP contribution in [0.15, 0.2) is 36.4 Å². The molecule has 22 heavy (non-hydrogen) atoms. The number of anilines is 1. The van der Waals surface area contributed by atoms with Gasteiger partial charge in [0.15, 0.2) is 0 Å². The summed E-state index contributed by atoms with van der Waals surface area (Å²) in [6, 6.07) is 10.1. The molecule has 8 heteroatoms. The molecule has 0 saturated heterocycles. The van der Waals surface area contributed by atoms with E-state index in [-0.39, 0.29) is 5.69 Å². The number of hydrogen-bond acceptors (Lipinski definition) is 2. The van der Waals surface area contributed by atoms with Gasteiger partial charge in [0.25, 0.3) is 0 Å². The van der Waals surface area contributed by atoms with E-state index in [0.717, 1.165) is 5.69 Å². The summed E-state index contributed by atoms with van der Waals surface area (Å²) in [5.74, 6) is -1.01. The summed E-state index contributed by atoms with van der Waals surface area (Å²) in [6.45, 7) is 1.85. The molecule has 0 aliphatic rings. The third-order valence-corrected chi connectivity index (χ3v) is 4.24. The molecule has 0 aliphatic carbocycles. The first-order chi connectivity index (χ1) is 10.2. The van der Waals surface area contributed by atoms with Gasteiger partial charge in [0, 0.05) is 17.0 Å². The van der Waals surface area contributed by atoms with Crippen LogP contribution in [0.2, 0.25) is 0 Å². The molecule has 1 heterocycles. The number of benzene rings is 1. The first-order valence-electron chi connectivity index (χ1n) is 6.48. The van der Waals surface area contributed by atoms with E-state index >= 15 is 0 Å². The molecule has 2 aromatic rings. The maximum atomic E-state index is 12.2. The Balaban J connectivity index is 2.23. The monoisotopic (exact) mass is 332 g/mol. The average molecular weight is 332 g/mol. The number of rotatable bonds is 5. The van der Waals surface area contributed by atoms with Gasteiger partial charge < -0.3 is 4.98 Å². The lowest BCUT2D eigenvalue weighted by Gasteiger charge is -2.12. The zero-order chi connectivity index (χ0) is 16.4. The Morgan fingerprint density at radius 1 is 1.14 bits per heavy atom. The van der Waals surface area contributed by atoms with E-state index in [4.69, 9.17) is 0 Å². The number of halogens is 3. The van der Waals surface area contributed by atoms with E-state index < -0.39 is 28.4 Å². The SMILES string of the molecule is Cc1ccc(-c2ccccc2NS(=O)(=O)CCC(F)(F)F)[nH]1. The van der Waals surface area contributed by atoms with Gasteiger partial charge in [-0.2, -0.15) is 13.2 Å². The van der Waals surface area contributed by atoms with E-state index in [2.05, 4.69) is 9.71 Å². The summed E-state index contributed by atoms with van der Waals surface area (Å²) in [4.78, 5) is 3.06. The molecule has 0 bridgehead atoms. The molecule has 0 atom stereocenters. The molecule has 120 valence electrons. The summed E-state index contributed by atoms with van der Waals surface area (Å²) in [7, 11) is -4.08. The van der Waals surface area contributed by atoms with Crippen molar-refractivity contribution < 1.29 is 21.6 Å². The van der Waals surface area contributed by atoms with Crippen LogP contribution in [0.5, 0.6) is 0 Å². The van der Waals surface area contributed by atoms with Crippen LogP contribution in [-0.2, 0) is 10.0 Å². The first kappa shape index (κ1) is 16.4. The highest BCUT2D eigenvalue weighted by Gasteiger charge is 2.30. The predicted molar refractivity (Wildman–Crippen MR) is 79.0 cm³/mol. The van der Waals surface area contributed by atoms with Crippen molar-refractivity contribution in [2.45, 2.75) is 19.5 Å². The van der Waals surface area contributed by atoms with Crippen molar-refractivity contribution in [2.24, 2.45) is 0 Å². The smallest absolute Gasteiger partial charge is 0.359 e. The van der Waals surface area contributed by atoms with Gasteiger partial charge in [-0.1, -0.05) is 18.2 Å². The van der Waals surface area contributed by atoms with Crippen molar-refractivity contribution in [3.63, 3.8) is 0 Å². The minimum atomic E-state index is -4.51. The minimum absolute atomic E-state index is 0.242. The fourth-order valence-corrected chi connectivity index (χ4v) is 3.05. The van der Waals surface area contributed by atoms with Gasteiger partial charge in [-0.3, -0.25) is 4.72 Å². The van der Waals surface area contributed by atoms with E-state index in [0.29, 0.717) is 11.3 Å². The summed E-state index contributed by atoms with van der Waals surface area (Å²) in [5, 5.41) is 0. The van der Waals surface area contributed by atoms with Crippen molar-refractivity contribution in [1.29, 1.82) is 0 Å². The Morgan fingerprint density at radius 3 is 2.41 bits per heavy atom. The van der Waals surface area contributed by atoms with E-state index in [1.165, 1.54) is 6.07 Å². The number of nitrogens with one attached hydrogen (secondary N) is 2. The molecule has 1 aromatic heterocycles. The highest BCUT2D eigenvalue weighted by Crippen LogP contribution is 2.28. The highest BCUT2D eigenvalue weighted by atomic mass is 32.2. The number of aromatic amines is 1. The van der Waals surface area contributed by atoms with Crippen LogP contribution >= 0.6 is 0 Å². The number of aryl methyl sites for hydroxylation is 1. The van der Waals surface area contributed by atoms with E-state index in [9.17, 15) is 21.6 Å². The summed E-state index contributed by atoms with van der Waals surface area (Å²) in [6.07, 6.45) is -5.89. The molecule has 0 aliphatic heterocycles. The lowest BCUT2D eigenvalue weighted by molar-refractivity contribution is -0.129. The molecular formula is C14H15F3N2O2S. The number of alkyl halides is 3. The van der Waals surface area contributed by atoms with Gasteiger partial charge in [-0.15, -0.1) is 0 Å². The third-order valence-electron chi connectivity index (χ3n) is 2.97. The fourth-order valence-electron chi connectivity index (χ4n) is 1.94. The standard InChI is InChI=1S/C14H15F3N2O2S/c1-10-6-7-12(18-10)11-4-2-3-5-13(11)19-22(20,21)9-8-14(15,16)17/h2-7,18-19H,8-9H2,1H3. The zero-order valence-electron chi connectivity index (χ0n) is 11.7. The van der Waals surface area contributed by atoms with Crippen LogP contribution in [0, 0.1) is 6.92 Å². The third kappa shape index (κ3) is 4.52. The largest absolute Gasteiger partial charge is 0.390 e. The first-order valence-corrected chi connectivity index (χ1v) is 8.14. The second-order valence-electron chi connectivity index (χ2n) is 4.89. The topological polar surface area (TPSA) is 62.0 Å². The quantitative estimate of drug-likeness (QED) is 0.877. The van der Waals surface area contributed by atoms with Crippen LogP contribution in [0.3, 0.4) is 0 Å². The Hall–Kier alpha value is -1.96.